The van der Waals surface area contributed by atoms with Crippen molar-refractivity contribution < 1.29 is 9.94 Å². The quantitative estimate of drug-likeness (QED) is 0.758. The number of nitrogens with one attached hydrogen (secondary N) is 1. The van der Waals surface area contributed by atoms with Gasteiger partial charge >= 0.3 is 0 Å². The Labute approximate surface area is 88.6 Å². The maximum Gasteiger partial charge on any atom is 0.123 e. The number of hydrogen-bond acceptors (Lipinski definition) is 3. The average Bonchev–Trinajstić information content (AvgIpc) is 2.17. The molecule has 0 aliphatic carbocycles. The molecular formula is C10H14ClNO2. The molecule has 78 valence electrons. The minimum atomic E-state index is 0.375. The van der Waals surface area contributed by atoms with Crippen LogP contribution in [0.2, 0.25) is 5.02 Å². The van der Waals surface area contributed by atoms with Gasteiger partial charge in [-0.2, -0.15) is 0 Å². The first-order valence-electron chi connectivity index (χ1n) is 4.45. The van der Waals surface area contributed by atoms with Crippen LogP contribution in [0.1, 0.15) is 18.1 Å². The Morgan fingerprint density at radius 1 is 1.50 bits per heavy atom. The van der Waals surface area contributed by atoms with E-state index in [2.05, 4.69) is 5.48 Å². The number of benzene rings is 1. The van der Waals surface area contributed by atoms with E-state index in [4.69, 9.17) is 21.5 Å². The molecule has 0 aliphatic heterocycles. The Kier molecular flexibility index (Phi) is 4.20. The largest absolute Gasteiger partial charge is 0.496 e. The molecule has 0 radical (unpaired) electrons. The van der Waals surface area contributed by atoms with Gasteiger partial charge in [-0.05, 0) is 29.7 Å². The van der Waals surface area contributed by atoms with E-state index in [0.29, 0.717) is 11.6 Å². The summed E-state index contributed by atoms with van der Waals surface area (Å²) >= 11 is 5.90. The number of hydrogen-bond donors (Lipinski definition) is 2. The fourth-order valence-electron chi connectivity index (χ4n) is 1.49. The molecule has 3 nitrogen and oxygen atoms in total. The van der Waals surface area contributed by atoms with Gasteiger partial charge in [-0.15, -0.1) is 0 Å². The van der Waals surface area contributed by atoms with Crippen molar-refractivity contribution in [1.29, 1.82) is 0 Å². The molecule has 0 bridgehead atoms. The molecule has 0 saturated carbocycles. The van der Waals surface area contributed by atoms with Crippen molar-refractivity contribution in [2.75, 3.05) is 7.11 Å². The summed E-state index contributed by atoms with van der Waals surface area (Å²) in [5, 5.41) is 9.28. The third-order valence-corrected chi connectivity index (χ3v) is 2.33. The molecule has 0 atom stereocenters. The summed E-state index contributed by atoms with van der Waals surface area (Å²) in [5.74, 6) is 0.769. The zero-order valence-electron chi connectivity index (χ0n) is 8.30. The van der Waals surface area contributed by atoms with Gasteiger partial charge in [-0.25, -0.2) is 5.48 Å². The van der Waals surface area contributed by atoms with Gasteiger partial charge < -0.3 is 9.94 Å². The zero-order chi connectivity index (χ0) is 10.6. The minimum absolute atomic E-state index is 0.375. The molecule has 4 heteroatoms. The molecular weight excluding hydrogens is 202 g/mol. The van der Waals surface area contributed by atoms with Gasteiger partial charge in [0.25, 0.3) is 0 Å². The second kappa shape index (κ2) is 5.20. The lowest BCUT2D eigenvalue weighted by molar-refractivity contribution is 0.161. The summed E-state index contributed by atoms with van der Waals surface area (Å²) in [6.45, 7) is 2.41. The zero-order valence-corrected chi connectivity index (χ0v) is 9.06. The summed E-state index contributed by atoms with van der Waals surface area (Å²) in [7, 11) is 1.61. The summed E-state index contributed by atoms with van der Waals surface area (Å²) in [6, 6.07) is 3.60. The van der Waals surface area contributed by atoms with Crippen LogP contribution in [0.25, 0.3) is 0 Å². The molecule has 0 aromatic heterocycles. The van der Waals surface area contributed by atoms with Crippen LogP contribution in [0.3, 0.4) is 0 Å². The number of hydroxylamine groups is 1. The minimum Gasteiger partial charge on any atom is -0.496 e. The summed E-state index contributed by atoms with van der Waals surface area (Å²) in [4.78, 5) is 0. The van der Waals surface area contributed by atoms with Crippen LogP contribution in [0.5, 0.6) is 5.75 Å². The van der Waals surface area contributed by atoms with E-state index in [1.54, 1.807) is 13.2 Å². The van der Waals surface area contributed by atoms with E-state index < -0.39 is 0 Å². The third kappa shape index (κ3) is 2.38. The van der Waals surface area contributed by atoms with Gasteiger partial charge in [0.15, 0.2) is 0 Å². The molecule has 1 aromatic rings. The number of ether oxygens (including phenoxy) is 1. The van der Waals surface area contributed by atoms with Crippen LogP contribution in [-0.4, -0.2) is 12.3 Å². The van der Waals surface area contributed by atoms with E-state index >= 15 is 0 Å². The van der Waals surface area contributed by atoms with Crippen LogP contribution in [0, 0.1) is 0 Å². The highest BCUT2D eigenvalue weighted by Crippen LogP contribution is 2.27. The second-order valence-corrected chi connectivity index (χ2v) is 3.37. The SMILES string of the molecule is CCc1c(CNO)cc(Cl)cc1OC. The van der Waals surface area contributed by atoms with Crippen molar-refractivity contribution in [2.24, 2.45) is 0 Å². The van der Waals surface area contributed by atoms with Crippen molar-refractivity contribution in [1.82, 2.24) is 5.48 Å². The maximum absolute atomic E-state index is 8.66. The standard InChI is InChI=1S/C10H14ClNO2/c1-3-9-7(6-12-13)4-8(11)5-10(9)14-2/h4-5,12-13H,3,6H2,1-2H3. The lowest BCUT2D eigenvalue weighted by atomic mass is 10.0. The van der Waals surface area contributed by atoms with Crippen molar-refractivity contribution in [2.45, 2.75) is 19.9 Å². The molecule has 0 aliphatic rings. The molecule has 0 spiro atoms. The molecule has 1 rings (SSSR count). The Bertz CT molecular complexity index is 315. The van der Waals surface area contributed by atoms with Crippen LogP contribution >= 0.6 is 11.6 Å². The fourth-order valence-corrected chi connectivity index (χ4v) is 1.72. The third-order valence-electron chi connectivity index (χ3n) is 2.11. The van der Waals surface area contributed by atoms with Gasteiger partial charge in [0.05, 0.1) is 7.11 Å². The highest BCUT2D eigenvalue weighted by atomic mass is 35.5. The first-order valence-corrected chi connectivity index (χ1v) is 4.83. The van der Waals surface area contributed by atoms with E-state index in [1.165, 1.54) is 0 Å². The second-order valence-electron chi connectivity index (χ2n) is 2.93. The normalized spacial score (nSPS) is 10.3. The van der Waals surface area contributed by atoms with Gasteiger partial charge in [-0.3, -0.25) is 0 Å². The molecule has 0 saturated heterocycles. The molecule has 1 aromatic carbocycles. The van der Waals surface area contributed by atoms with E-state index in [9.17, 15) is 0 Å². The molecule has 14 heavy (non-hydrogen) atoms. The maximum atomic E-state index is 8.66. The van der Waals surface area contributed by atoms with Crippen LogP contribution < -0.4 is 10.2 Å². The van der Waals surface area contributed by atoms with Gasteiger partial charge in [-0.1, -0.05) is 18.5 Å². The molecule has 0 heterocycles. The number of rotatable bonds is 4. The van der Waals surface area contributed by atoms with Crippen LogP contribution in [0.4, 0.5) is 0 Å². The molecule has 2 N–H and O–H groups in total. The first-order chi connectivity index (χ1) is 6.72. The van der Waals surface area contributed by atoms with E-state index in [-0.39, 0.29) is 0 Å². The Morgan fingerprint density at radius 3 is 2.71 bits per heavy atom. The summed E-state index contributed by atoms with van der Waals surface area (Å²) < 4.78 is 5.21. The van der Waals surface area contributed by atoms with Crippen molar-refractivity contribution >= 4 is 11.6 Å². The lowest BCUT2D eigenvalue weighted by Gasteiger charge is -2.12. The first kappa shape index (κ1) is 11.3. The molecule has 0 unspecified atom stereocenters. The fraction of sp³-hybridized carbons (Fsp3) is 0.400. The van der Waals surface area contributed by atoms with E-state index in [0.717, 1.165) is 23.3 Å². The number of methoxy groups -OCH3 is 1. The Hall–Kier alpha value is -0.770. The lowest BCUT2D eigenvalue weighted by Crippen LogP contribution is -2.09. The number of halogens is 1. The van der Waals surface area contributed by atoms with Gasteiger partial charge in [0.1, 0.15) is 5.75 Å². The molecule has 0 amide bonds. The summed E-state index contributed by atoms with van der Waals surface area (Å²) in [6.07, 6.45) is 0.845. The molecule has 0 fully saturated rings. The van der Waals surface area contributed by atoms with Crippen molar-refractivity contribution in [3.8, 4) is 5.75 Å². The predicted molar refractivity (Wildman–Crippen MR) is 56.0 cm³/mol. The topological polar surface area (TPSA) is 41.5 Å². The van der Waals surface area contributed by atoms with Crippen LogP contribution in [0.15, 0.2) is 12.1 Å². The highest BCUT2D eigenvalue weighted by molar-refractivity contribution is 6.30. The van der Waals surface area contributed by atoms with Gasteiger partial charge in [0.2, 0.25) is 0 Å². The Balaban J connectivity index is 3.17. The summed E-state index contributed by atoms with van der Waals surface area (Å²) in [5.41, 5.74) is 4.15. The highest BCUT2D eigenvalue weighted by Gasteiger charge is 2.08. The van der Waals surface area contributed by atoms with Gasteiger partial charge in [0, 0.05) is 11.6 Å². The van der Waals surface area contributed by atoms with Crippen molar-refractivity contribution in [3.05, 3.63) is 28.3 Å². The monoisotopic (exact) mass is 215 g/mol. The van der Waals surface area contributed by atoms with Crippen LogP contribution in [-0.2, 0) is 13.0 Å². The van der Waals surface area contributed by atoms with Crippen molar-refractivity contribution in [3.63, 3.8) is 0 Å². The smallest absolute Gasteiger partial charge is 0.123 e. The Morgan fingerprint density at radius 2 is 2.21 bits per heavy atom. The predicted octanol–water partition coefficient (Wildman–Crippen LogP) is 2.39. The average molecular weight is 216 g/mol. The van der Waals surface area contributed by atoms with E-state index in [1.807, 2.05) is 13.0 Å².